The van der Waals surface area contributed by atoms with Crippen LogP contribution in [0.2, 0.25) is 0 Å². The molecule has 0 saturated heterocycles. The Bertz CT molecular complexity index is 2020. The fourth-order valence-corrected chi connectivity index (χ4v) is 9.59. The zero-order chi connectivity index (χ0) is 49.6. The van der Waals surface area contributed by atoms with Crippen LogP contribution in [0.3, 0.4) is 0 Å². The monoisotopic (exact) mass is 907 g/mol. The van der Waals surface area contributed by atoms with Gasteiger partial charge in [-0.05, 0) is 80.9 Å². The van der Waals surface area contributed by atoms with Crippen LogP contribution in [0.25, 0.3) is 5.57 Å². The summed E-state index contributed by atoms with van der Waals surface area (Å²) in [5, 5.41) is 22.0. The molecule has 0 amide bonds. The van der Waals surface area contributed by atoms with Gasteiger partial charge in [-0.1, -0.05) is 253 Å². The molecular formula is C61H94O5. The summed E-state index contributed by atoms with van der Waals surface area (Å²) in [4.78, 5) is 27.8. The van der Waals surface area contributed by atoms with E-state index in [1.54, 1.807) is 0 Å². The minimum Gasteiger partial charge on any atom is -0.507 e. The molecule has 0 spiro atoms. The average Bonchev–Trinajstić information content (AvgIpc) is 3.19. The average molecular weight is 907 g/mol. The second-order valence-corrected chi connectivity index (χ2v) is 24.0. The van der Waals surface area contributed by atoms with Crippen LogP contribution in [0.15, 0.2) is 43.0 Å². The number of esters is 1. The summed E-state index contributed by atoms with van der Waals surface area (Å²) in [6.07, 6.45) is 23.0. The van der Waals surface area contributed by atoms with Gasteiger partial charge in [-0.15, -0.1) is 0 Å². The lowest BCUT2D eigenvalue weighted by molar-refractivity contribution is -0.136. The normalized spacial score (nSPS) is 13.0. The molecule has 3 aromatic carbocycles. The first-order valence-corrected chi connectivity index (χ1v) is 26.0. The van der Waals surface area contributed by atoms with Crippen molar-refractivity contribution in [1.29, 1.82) is 0 Å². The Kier molecular flexibility index (Phi) is 21.3. The number of ether oxygens (including phenoxy) is 1. The number of aromatic hydroxyl groups is 1. The van der Waals surface area contributed by atoms with E-state index in [9.17, 15) is 15.0 Å². The van der Waals surface area contributed by atoms with E-state index < -0.39 is 11.9 Å². The van der Waals surface area contributed by atoms with Crippen LogP contribution in [-0.2, 0) is 37.7 Å². The number of aryl methyl sites for hydroxylation is 2. The van der Waals surface area contributed by atoms with E-state index in [0.29, 0.717) is 29.9 Å². The lowest BCUT2D eigenvalue weighted by Crippen LogP contribution is -2.25. The van der Waals surface area contributed by atoms with E-state index in [0.717, 1.165) is 69.3 Å². The van der Waals surface area contributed by atoms with Crippen LogP contribution in [0, 0.1) is 13.8 Å². The van der Waals surface area contributed by atoms with Crippen molar-refractivity contribution >= 4 is 17.5 Å². The first-order valence-electron chi connectivity index (χ1n) is 26.0. The van der Waals surface area contributed by atoms with E-state index in [2.05, 4.69) is 140 Å². The number of carboxylic acids is 1. The third-order valence-corrected chi connectivity index (χ3v) is 13.5. The van der Waals surface area contributed by atoms with Gasteiger partial charge in [0.05, 0.1) is 11.5 Å². The number of phenolic OH excluding ortho intramolecular Hbond substituents is 1. The molecule has 0 bridgehead atoms. The molecule has 5 heteroatoms. The van der Waals surface area contributed by atoms with Gasteiger partial charge in [0, 0.05) is 12.0 Å². The number of unbranched alkanes of at least 4 members (excludes halogenated alkanes) is 16. The molecule has 0 aliphatic rings. The molecule has 5 nitrogen and oxygen atoms in total. The van der Waals surface area contributed by atoms with E-state index >= 15 is 4.79 Å². The molecule has 3 aromatic rings. The van der Waals surface area contributed by atoms with Crippen LogP contribution in [0.4, 0.5) is 0 Å². The van der Waals surface area contributed by atoms with Gasteiger partial charge in [-0.25, -0.2) is 4.79 Å². The Morgan fingerprint density at radius 3 is 1.32 bits per heavy atom. The van der Waals surface area contributed by atoms with Gasteiger partial charge in [-0.3, -0.25) is 4.79 Å². The number of phenols is 1. The van der Waals surface area contributed by atoms with Crippen molar-refractivity contribution in [2.45, 2.75) is 253 Å². The Balaban J connectivity index is 1.97. The zero-order valence-corrected chi connectivity index (χ0v) is 44.8. The molecule has 368 valence electrons. The topological polar surface area (TPSA) is 83.8 Å². The highest BCUT2D eigenvalue weighted by Crippen LogP contribution is 2.44. The summed E-state index contributed by atoms with van der Waals surface area (Å²) in [6, 6.07) is 12.4. The highest BCUT2D eigenvalue weighted by atomic mass is 16.5. The van der Waals surface area contributed by atoms with Gasteiger partial charge >= 0.3 is 11.9 Å². The Labute approximate surface area is 404 Å². The second kappa shape index (κ2) is 25.0. The molecule has 66 heavy (non-hydrogen) atoms. The van der Waals surface area contributed by atoms with Gasteiger partial charge in [0.25, 0.3) is 0 Å². The first kappa shape index (κ1) is 56.5. The van der Waals surface area contributed by atoms with Crippen molar-refractivity contribution in [3.05, 3.63) is 98.6 Å². The van der Waals surface area contributed by atoms with Gasteiger partial charge in [-0.2, -0.15) is 0 Å². The molecular weight excluding hydrogens is 813 g/mol. The van der Waals surface area contributed by atoms with Gasteiger partial charge < -0.3 is 14.9 Å². The van der Waals surface area contributed by atoms with Crippen molar-refractivity contribution in [3.8, 4) is 11.5 Å². The standard InChI is InChI=1S/C61H94O5/c1-17-18-19-20-21-22-23-24-25-26-27-28-29-30-31-32-33-34-48(45-40-50(59(8,9)10)54(62)51(41-45)60(11,12)13)57(65)66-55-47(36-43(3)38-52(55)61(14,15)16)39-46-35-42(2)37-49(58(5,6)7)53(46)44(4)56(63)64/h35-38,40-41,48,62H,4,17-34,39H2,1-3,5-16H3,(H,63,64). The van der Waals surface area contributed by atoms with Crippen LogP contribution in [0.1, 0.15) is 267 Å². The predicted molar refractivity (Wildman–Crippen MR) is 282 cm³/mol. The molecule has 1 unspecified atom stereocenters. The van der Waals surface area contributed by atoms with Gasteiger partial charge in [0.2, 0.25) is 0 Å². The van der Waals surface area contributed by atoms with Crippen LogP contribution >= 0.6 is 0 Å². The molecule has 0 saturated carbocycles. The third-order valence-electron chi connectivity index (χ3n) is 13.5. The minimum atomic E-state index is -1.05. The number of hydrogen-bond acceptors (Lipinski definition) is 4. The Hall–Kier alpha value is -3.86. The maximum atomic E-state index is 15.2. The highest BCUT2D eigenvalue weighted by molar-refractivity contribution is 6.15. The summed E-state index contributed by atoms with van der Waals surface area (Å²) in [7, 11) is 0. The fourth-order valence-electron chi connectivity index (χ4n) is 9.59. The van der Waals surface area contributed by atoms with Crippen molar-refractivity contribution in [2.75, 3.05) is 0 Å². The molecule has 0 radical (unpaired) electrons. The summed E-state index contributed by atoms with van der Waals surface area (Å²) in [5.41, 5.74) is 7.44. The van der Waals surface area contributed by atoms with E-state index in [4.69, 9.17) is 4.74 Å². The molecule has 0 fully saturated rings. The molecule has 0 aliphatic heterocycles. The summed E-state index contributed by atoms with van der Waals surface area (Å²) < 4.78 is 6.85. The van der Waals surface area contributed by atoms with E-state index in [-0.39, 0.29) is 33.2 Å². The van der Waals surface area contributed by atoms with Gasteiger partial charge in [0.15, 0.2) is 0 Å². The van der Waals surface area contributed by atoms with Crippen LogP contribution in [-0.4, -0.2) is 22.2 Å². The van der Waals surface area contributed by atoms with E-state index in [1.807, 2.05) is 6.92 Å². The lowest BCUT2D eigenvalue weighted by atomic mass is 9.76. The summed E-state index contributed by atoms with van der Waals surface area (Å²) in [5.74, 6) is -1.07. The number of carbonyl (C=O) groups is 2. The molecule has 2 N–H and O–H groups in total. The van der Waals surface area contributed by atoms with Crippen molar-refractivity contribution in [1.82, 2.24) is 0 Å². The number of hydrogen-bond donors (Lipinski definition) is 2. The van der Waals surface area contributed by atoms with Crippen molar-refractivity contribution in [2.24, 2.45) is 0 Å². The number of benzene rings is 3. The summed E-state index contributed by atoms with van der Waals surface area (Å²) >= 11 is 0. The second-order valence-electron chi connectivity index (χ2n) is 24.0. The van der Waals surface area contributed by atoms with Crippen molar-refractivity contribution < 1.29 is 24.5 Å². The molecule has 1 atom stereocenters. The van der Waals surface area contributed by atoms with Gasteiger partial charge in [0.1, 0.15) is 11.5 Å². The van der Waals surface area contributed by atoms with Crippen molar-refractivity contribution in [3.63, 3.8) is 0 Å². The SMILES string of the molecule is C=C(C(=O)O)c1c(Cc2cc(C)cc(C(C)(C)C)c2OC(=O)C(CCCCCCCCCCCCCCCCCCC)c2cc(C(C)(C)C)c(O)c(C(C)(C)C)c2)cc(C)cc1C(C)(C)C. The predicted octanol–water partition coefficient (Wildman–Crippen LogP) is 17.6. The maximum absolute atomic E-state index is 15.2. The Morgan fingerprint density at radius 1 is 0.545 bits per heavy atom. The van der Waals surface area contributed by atoms with E-state index in [1.165, 1.54) is 89.9 Å². The molecule has 0 aromatic heterocycles. The third kappa shape index (κ3) is 17.0. The largest absolute Gasteiger partial charge is 0.507 e. The number of aliphatic carboxylic acids is 1. The molecule has 0 aliphatic carbocycles. The smallest absolute Gasteiger partial charge is 0.335 e. The minimum absolute atomic E-state index is 0.0583. The number of carboxylic acid groups (broad SMARTS) is 1. The Morgan fingerprint density at radius 2 is 0.924 bits per heavy atom. The first-order chi connectivity index (χ1) is 30.7. The number of rotatable bonds is 25. The lowest BCUT2D eigenvalue weighted by Gasteiger charge is -2.30. The zero-order valence-electron chi connectivity index (χ0n) is 44.8. The maximum Gasteiger partial charge on any atom is 0.335 e. The fraction of sp³-hybridized carbons (Fsp3) is 0.639. The molecule has 0 heterocycles. The van der Waals surface area contributed by atoms with Crippen LogP contribution in [0.5, 0.6) is 11.5 Å². The quantitative estimate of drug-likeness (QED) is 0.0383. The molecule has 3 rings (SSSR count). The number of carbonyl (C=O) groups excluding carboxylic acids is 1. The summed E-state index contributed by atoms with van der Waals surface area (Å²) in [6.45, 7) is 35.9. The van der Waals surface area contributed by atoms with Crippen LogP contribution < -0.4 is 4.74 Å². The highest BCUT2D eigenvalue weighted by Gasteiger charge is 2.33.